The number of ether oxygens (including phenoxy) is 1. The number of carboxylic acid groups (broad SMARTS) is 1. The molecule has 1 fully saturated rings. The van der Waals surface area contributed by atoms with E-state index in [0.717, 1.165) is 4.90 Å². The maximum absolute atomic E-state index is 12.5. The maximum atomic E-state index is 12.5. The van der Waals surface area contributed by atoms with Crippen LogP contribution >= 0.6 is 11.8 Å². The van der Waals surface area contributed by atoms with Crippen molar-refractivity contribution in [2.45, 2.75) is 18.3 Å². The summed E-state index contributed by atoms with van der Waals surface area (Å²) < 4.78 is 4.84. The zero-order valence-electron chi connectivity index (χ0n) is 17.2. The van der Waals surface area contributed by atoms with Gasteiger partial charge in [-0.3, -0.25) is 29.4 Å². The number of benzene rings is 1. The molecule has 0 bridgehead atoms. The molecule has 2 amide bonds. The standard InChI is InChI=1S/C18H18N4O8S.Na/c1-9(23)30-7-10-8-31-17-14(16(25)21(17)15(10)18(26)27)20-13(24)6-19-11-2-4-12(5-3-11)22(28)29;/h2-5,14,17,19H,6-8H2,1H3,(H,20,24)(H,26,27);/q;+1/p-1/t14?,17-;/m0./s1. The normalized spacial score (nSPS) is 19.2. The molecular weight excluding hydrogens is 455 g/mol. The van der Waals surface area contributed by atoms with Crippen LogP contribution in [-0.4, -0.2) is 63.9 Å². The number of fused-ring (bicyclic) bond motifs is 1. The van der Waals surface area contributed by atoms with Crippen LogP contribution in [0.3, 0.4) is 0 Å². The molecule has 2 heterocycles. The van der Waals surface area contributed by atoms with Crippen LogP contribution in [0.1, 0.15) is 6.92 Å². The van der Waals surface area contributed by atoms with E-state index in [-0.39, 0.29) is 65.4 Å². The molecule has 32 heavy (non-hydrogen) atoms. The van der Waals surface area contributed by atoms with Gasteiger partial charge >= 0.3 is 35.5 Å². The van der Waals surface area contributed by atoms with E-state index in [2.05, 4.69) is 10.6 Å². The van der Waals surface area contributed by atoms with Gasteiger partial charge in [0.05, 0.1) is 23.1 Å². The number of esters is 1. The number of non-ortho nitro benzene ring substituents is 1. The second-order valence-electron chi connectivity index (χ2n) is 6.63. The van der Waals surface area contributed by atoms with E-state index in [1.165, 1.54) is 43.0 Å². The minimum absolute atomic E-state index is 0. The average molecular weight is 472 g/mol. The Morgan fingerprint density at radius 1 is 1.28 bits per heavy atom. The summed E-state index contributed by atoms with van der Waals surface area (Å²) in [5.74, 6) is -3.08. The molecular formula is C18H17N4NaO8S. The summed E-state index contributed by atoms with van der Waals surface area (Å²) in [6.45, 7) is 0.723. The third-order valence-electron chi connectivity index (χ3n) is 4.54. The van der Waals surface area contributed by atoms with Crippen molar-refractivity contribution < 1.29 is 63.5 Å². The second-order valence-corrected chi connectivity index (χ2v) is 7.74. The molecule has 1 unspecified atom stereocenters. The predicted molar refractivity (Wildman–Crippen MR) is 105 cm³/mol. The number of hydrogen-bond acceptors (Lipinski definition) is 10. The summed E-state index contributed by atoms with van der Waals surface area (Å²) in [7, 11) is 0. The number of nitro benzene ring substituents is 1. The van der Waals surface area contributed by atoms with E-state index >= 15 is 0 Å². The van der Waals surface area contributed by atoms with Crippen molar-refractivity contribution in [3.63, 3.8) is 0 Å². The second kappa shape index (κ2) is 10.8. The number of β-lactam (4-membered cyclic amide) rings is 1. The number of carbonyl (C=O) groups excluding carboxylic acids is 4. The van der Waals surface area contributed by atoms with Crippen LogP contribution < -0.4 is 45.3 Å². The molecule has 12 nitrogen and oxygen atoms in total. The number of nitro groups is 1. The van der Waals surface area contributed by atoms with Crippen molar-refractivity contribution in [3.05, 3.63) is 45.6 Å². The number of thioether (sulfide) groups is 1. The van der Waals surface area contributed by atoms with Gasteiger partial charge in [0, 0.05) is 36.1 Å². The first-order valence-corrected chi connectivity index (χ1v) is 10.0. The minimum Gasteiger partial charge on any atom is -0.543 e. The molecule has 164 valence electrons. The molecule has 2 aliphatic rings. The first-order valence-electron chi connectivity index (χ1n) is 8.98. The van der Waals surface area contributed by atoms with Gasteiger partial charge in [-0.1, -0.05) is 0 Å². The Kier molecular flexibility index (Phi) is 8.66. The van der Waals surface area contributed by atoms with E-state index in [4.69, 9.17) is 4.74 Å². The molecule has 0 radical (unpaired) electrons. The molecule has 1 aromatic carbocycles. The van der Waals surface area contributed by atoms with Gasteiger partial charge in [-0.2, -0.15) is 0 Å². The number of aliphatic carboxylic acids is 1. The van der Waals surface area contributed by atoms with Gasteiger partial charge in [0.2, 0.25) is 5.91 Å². The number of carboxylic acids is 1. The van der Waals surface area contributed by atoms with Crippen LogP contribution in [0, 0.1) is 10.1 Å². The fourth-order valence-electron chi connectivity index (χ4n) is 3.08. The summed E-state index contributed by atoms with van der Waals surface area (Å²) >= 11 is 1.23. The van der Waals surface area contributed by atoms with Gasteiger partial charge in [0.15, 0.2) is 0 Å². The van der Waals surface area contributed by atoms with Gasteiger partial charge in [0.1, 0.15) is 18.0 Å². The number of nitrogens with one attached hydrogen (secondary N) is 2. The maximum Gasteiger partial charge on any atom is 1.00 e. The largest absolute Gasteiger partial charge is 1.00 e. The molecule has 14 heteroatoms. The summed E-state index contributed by atoms with van der Waals surface area (Å²) in [6, 6.07) is 4.54. The topological polar surface area (TPSA) is 171 Å². The summed E-state index contributed by atoms with van der Waals surface area (Å²) in [6.07, 6.45) is 0. The number of rotatable bonds is 8. The number of carbonyl (C=O) groups is 4. The van der Waals surface area contributed by atoms with Crippen molar-refractivity contribution in [2.24, 2.45) is 0 Å². The third kappa shape index (κ3) is 5.59. The van der Waals surface area contributed by atoms with E-state index in [0.29, 0.717) is 5.69 Å². The fraction of sp³-hybridized carbons (Fsp3) is 0.333. The van der Waals surface area contributed by atoms with Crippen molar-refractivity contribution in [1.29, 1.82) is 0 Å². The van der Waals surface area contributed by atoms with Gasteiger partial charge < -0.3 is 25.3 Å². The van der Waals surface area contributed by atoms with Crippen LogP contribution in [0.25, 0.3) is 0 Å². The molecule has 2 aliphatic heterocycles. The van der Waals surface area contributed by atoms with E-state index < -0.39 is 40.1 Å². The first-order chi connectivity index (χ1) is 14.7. The van der Waals surface area contributed by atoms with Crippen LogP contribution in [0.4, 0.5) is 11.4 Å². The van der Waals surface area contributed by atoms with Crippen molar-refractivity contribution in [2.75, 3.05) is 24.2 Å². The quantitative estimate of drug-likeness (QED) is 0.125. The van der Waals surface area contributed by atoms with Crippen molar-refractivity contribution >= 4 is 46.9 Å². The van der Waals surface area contributed by atoms with Crippen molar-refractivity contribution in [1.82, 2.24) is 10.2 Å². The Hall–Kier alpha value is -2.61. The Labute approximate surface area is 208 Å². The molecule has 2 atom stereocenters. The number of amides is 2. The number of anilines is 1. The Morgan fingerprint density at radius 3 is 2.50 bits per heavy atom. The molecule has 0 saturated carbocycles. The smallest absolute Gasteiger partial charge is 0.543 e. The van der Waals surface area contributed by atoms with Crippen LogP contribution in [0.2, 0.25) is 0 Å². The Balaban J connectivity index is 0.00000363. The van der Waals surface area contributed by atoms with E-state index in [1.54, 1.807) is 0 Å². The van der Waals surface area contributed by atoms with Gasteiger partial charge in [-0.25, -0.2) is 0 Å². The number of nitrogens with zero attached hydrogens (tertiary/aromatic N) is 2. The van der Waals surface area contributed by atoms with Crippen molar-refractivity contribution in [3.8, 4) is 0 Å². The molecule has 3 rings (SSSR count). The Morgan fingerprint density at radius 2 is 1.94 bits per heavy atom. The molecule has 1 aromatic rings. The van der Waals surface area contributed by atoms with Crippen LogP contribution in [0.5, 0.6) is 0 Å². The van der Waals surface area contributed by atoms with Gasteiger partial charge in [-0.05, 0) is 12.1 Å². The monoisotopic (exact) mass is 472 g/mol. The molecule has 0 aliphatic carbocycles. The van der Waals surface area contributed by atoms with Gasteiger partial charge in [0.25, 0.3) is 11.6 Å². The number of hydrogen-bond donors (Lipinski definition) is 2. The van der Waals surface area contributed by atoms with Crippen LogP contribution in [0.15, 0.2) is 35.5 Å². The fourth-order valence-corrected chi connectivity index (χ4v) is 4.41. The van der Waals surface area contributed by atoms with E-state index in [1.807, 2.05) is 0 Å². The van der Waals surface area contributed by atoms with E-state index in [9.17, 15) is 34.4 Å². The first kappa shape index (κ1) is 25.6. The molecule has 0 aromatic heterocycles. The molecule has 1 saturated heterocycles. The zero-order valence-corrected chi connectivity index (χ0v) is 20.0. The molecule has 0 spiro atoms. The molecule has 2 N–H and O–H groups in total. The minimum atomic E-state index is -1.56. The summed E-state index contributed by atoms with van der Waals surface area (Å²) in [5, 5.41) is 26.9. The Bertz CT molecular complexity index is 984. The average Bonchev–Trinajstić information content (AvgIpc) is 2.73. The predicted octanol–water partition coefficient (Wildman–Crippen LogP) is -4.02. The summed E-state index contributed by atoms with van der Waals surface area (Å²) in [4.78, 5) is 58.4. The SMILES string of the molecule is CC(=O)OCC1=C(C(=O)[O-])N2C(=O)C(NC(=O)CNc3ccc([N+](=O)[O-])cc3)[C@@H]2SC1.[Na+]. The zero-order chi connectivity index (χ0) is 22.7. The van der Waals surface area contributed by atoms with Gasteiger partial charge in [-0.15, -0.1) is 11.8 Å². The third-order valence-corrected chi connectivity index (χ3v) is 5.88. The summed E-state index contributed by atoms with van der Waals surface area (Å²) in [5.41, 5.74) is 0.292. The van der Waals surface area contributed by atoms with Crippen LogP contribution in [-0.2, 0) is 23.9 Å².